The number of aryl methyl sites for hydroxylation is 1. The monoisotopic (exact) mass is 360 g/mol. The molecule has 1 amide bonds. The summed E-state index contributed by atoms with van der Waals surface area (Å²) in [6.07, 6.45) is 3.55. The molecule has 4 rings (SSSR count). The molecule has 2 aromatic heterocycles. The van der Waals surface area contributed by atoms with Gasteiger partial charge < -0.3 is 9.88 Å². The van der Waals surface area contributed by atoms with E-state index in [9.17, 15) is 4.79 Å². The summed E-state index contributed by atoms with van der Waals surface area (Å²) in [7, 11) is 0. The van der Waals surface area contributed by atoms with Gasteiger partial charge in [-0.3, -0.25) is 4.79 Å². The van der Waals surface area contributed by atoms with Crippen molar-refractivity contribution < 1.29 is 4.79 Å². The maximum Gasteiger partial charge on any atom is 0.253 e. The molecule has 1 N–H and O–H groups in total. The number of aromatic nitrogens is 5. The Morgan fingerprint density at radius 2 is 1.96 bits per heavy atom. The first kappa shape index (κ1) is 17.0. The normalized spacial score (nSPS) is 11.0. The van der Waals surface area contributed by atoms with E-state index in [1.165, 1.54) is 16.4 Å². The number of nitrogens with zero attached hydrogens (tertiary/aromatic N) is 5. The van der Waals surface area contributed by atoms with Gasteiger partial charge in [-0.15, -0.1) is 5.10 Å². The molecule has 4 aromatic rings. The fourth-order valence-electron chi connectivity index (χ4n) is 3.26. The Morgan fingerprint density at radius 1 is 1.11 bits per heavy atom. The highest BCUT2D eigenvalue weighted by Gasteiger charge is 2.17. The van der Waals surface area contributed by atoms with Gasteiger partial charge in [-0.05, 0) is 59.0 Å². The first-order chi connectivity index (χ1) is 13.1. The summed E-state index contributed by atoms with van der Waals surface area (Å²) in [6, 6.07) is 14.0. The number of hydrogen-bond donors (Lipinski definition) is 1. The third kappa shape index (κ3) is 3.19. The van der Waals surface area contributed by atoms with Crippen LogP contribution in [-0.4, -0.2) is 37.2 Å². The lowest BCUT2D eigenvalue weighted by Crippen LogP contribution is -2.28. The number of rotatable bonds is 5. The summed E-state index contributed by atoms with van der Waals surface area (Å²) in [6.45, 7) is 5.20. The number of hydrogen-bond acceptors (Lipinski definition) is 4. The van der Waals surface area contributed by atoms with Crippen LogP contribution in [0.3, 0.4) is 0 Å². The predicted octanol–water partition coefficient (Wildman–Crippen LogP) is 2.66. The third-order valence-corrected chi connectivity index (χ3v) is 4.84. The molecule has 0 aliphatic rings. The Labute approximate surface area is 156 Å². The Kier molecular flexibility index (Phi) is 4.42. The Bertz CT molecular complexity index is 1100. The number of fused-ring (bicyclic) bond motifs is 1. The number of tetrazole rings is 1. The van der Waals surface area contributed by atoms with Crippen LogP contribution in [0.15, 0.2) is 55.0 Å². The Hall–Kier alpha value is -3.48. The molecule has 136 valence electrons. The molecule has 0 spiro atoms. The van der Waals surface area contributed by atoms with Gasteiger partial charge >= 0.3 is 0 Å². The standard InChI is InChI=1S/C20H20N6O/c1-14-7-8-17(19(15(14)2)26-13-22-23-24-26)20(27)21-10-12-25-11-9-16-5-3-4-6-18(16)25/h3-9,11,13H,10,12H2,1-2H3,(H,21,27). The fraction of sp³-hybridized carbons (Fsp3) is 0.200. The van der Waals surface area contributed by atoms with Crippen molar-refractivity contribution in [2.24, 2.45) is 0 Å². The molecule has 27 heavy (non-hydrogen) atoms. The molecule has 0 aliphatic carbocycles. The minimum absolute atomic E-state index is 0.139. The number of benzene rings is 2. The van der Waals surface area contributed by atoms with Crippen LogP contribution in [0.25, 0.3) is 16.6 Å². The van der Waals surface area contributed by atoms with Gasteiger partial charge in [0.05, 0.1) is 11.3 Å². The fourth-order valence-corrected chi connectivity index (χ4v) is 3.26. The van der Waals surface area contributed by atoms with Crippen molar-refractivity contribution in [3.05, 3.63) is 71.7 Å². The Morgan fingerprint density at radius 3 is 2.78 bits per heavy atom. The summed E-state index contributed by atoms with van der Waals surface area (Å²) in [5, 5.41) is 15.5. The van der Waals surface area contributed by atoms with Crippen molar-refractivity contribution in [2.75, 3.05) is 6.54 Å². The molecule has 0 aliphatic heterocycles. The van der Waals surface area contributed by atoms with Gasteiger partial charge in [0.15, 0.2) is 0 Å². The van der Waals surface area contributed by atoms with E-state index in [2.05, 4.69) is 43.6 Å². The molecule has 0 fully saturated rings. The highest BCUT2D eigenvalue weighted by atomic mass is 16.1. The molecule has 0 bridgehead atoms. The van der Waals surface area contributed by atoms with Crippen LogP contribution in [0, 0.1) is 13.8 Å². The molecule has 0 unspecified atom stereocenters. The molecule has 0 saturated heterocycles. The summed E-state index contributed by atoms with van der Waals surface area (Å²) in [4.78, 5) is 12.8. The molecule has 7 nitrogen and oxygen atoms in total. The summed E-state index contributed by atoms with van der Waals surface area (Å²) < 4.78 is 3.68. The number of amides is 1. The van der Waals surface area contributed by atoms with Crippen LogP contribution in [0.1, 0.15) is 21.5 Å². The molecule has 2 aromatic carbocycles. The molecular formula is C20H20N6O. The lowest BCUT2D eigenvalue weighted by molar-refractivity contribution is 0.0952. The van der Waals surface area contributed by atoms with Gasteiger partial charge in [-0.25, -0.2) is 0 Å². The number of carbonyl (C=O) groups excluding carboxylic acids is 1. The first-order valence-corrected chi connectivity index (χ1v) is 8.81. The van der Waals surface area contributed by atoms with E-state index >= 15 is 0 Å². The second-order valence-corrected chi connectivity index (χ2v) is 6.48. The van der Waals surface area contributed by atoms with Crippen LogP contribution in [0.4, 0.5) is 0 Å². The van der Waals surface area contributed by atoms with Gasteiger partial charge in [0, 0.05) is 24.8 Å². The van der Waals surface area contributed by atoms with Crippen LogP contribution in [-0.2, 0) is 6.54 Å². The van der Waals surface area contributed by atoms with E-state index < -0.39 is 0 Å². The van der Waals surface area contributed by atoms with Crippen molar-refractivity contribution >= 4 is 16.8 Å². The summed E-state index contributed by atoms with van der Waals surface area (Å²) in [5.41, 5.74) is 4.49. The zero-order valence-corrected chi connectivity index (χ0v) is 15.3. The molecule has 7 heteroatoms. The molecule has 2 heterocycles. The van der Waals surface area contributed by atoms with E-state index in [1.54, 1.807) is 0 Å². The minimum atomic E-state index is -0.139. The van der Waals surface area contributed by atoms with Crippen molar-refractivity contribution in [1.29, 1.82) is 0 Å². The van der Waals surface area contributed by atoms with E-state index in [0.29, 0.717) is 24.3 Å². The zero-order valence-electron chi connectivity index (χ0n) is 15.3. The van der Waals surface area contributed by atoms with Gasteiger partial charge in [0.2, 0.25) is 0 Å². The molecule has 0 saturated carbocycles. The highest BCUT2D eigenvalue weighted by molar-refractivity contribution is 5.98. The van der Waals surface area contributed by atoms with E-state index in [0.717, 1.165) is 16.6 Å². The lowest BCUT2D eigenvalue weighted by Gasteiger charge is -2.14. The number of carbonyl (C=O) groups is 1. The zero-order chi connectivity index (χ0) is 18.8. The van der Waals surface area contributed by atoms with Crippen LogP contribution < -0.4 is 5.32 Å². The topological polar surface area (TPSA) is 77.6 Å². The van der Waals surface area contributed by atoms with Gasteiger partial charge in [-0.2, -0.15) is 4.68 Å². The van der Waals surface area contributed by atoms with Crippen LogP contribution in [0.2, 0.25) is 0 Å². The average Bonchev–Trinajstić information content (AvgIpc) is 3.34. The lowest BCUT2D eigenvalue weighted by atomic mass is 10.0. The predicted molar refractivity (Wildman–Crippen MR) is 103 cm³/mol. The van der Waals surface area contributed by atoms with Crippen molar-refractivity contribution in [3.8, 4) is 5.69 Å². The largest absolute Gasteiger partial charge is 0.350 e. The first-order valence-electron chi connectivity index (χ1n) is 8.81. The van der Waals surface area contributed by atoms with Crippen LogP contribution in [0.5, 0.6) is 0 Å². The highest BCUT2D eigenvalue weighted by Crippen LogP contribution is 2.21. The second kappa shape index (κ2) is 7.03. The SMILES string of the molecule is Cc1ccc(C(=O)NCCn2ccc3ccccc32)c(-n2cnnn2)c1C. The summed E-state index contributed by atoms with van der Waals surface area (Å²) in [5.74, 6) is -0.139. The number of nitrogens with one attached hydrogen (secondary N) is 1. The molecule has 0 atom stereocenters. The smallest absolute Gasteiger partial charge is 0.253 e. The van der Waals surface area contributed by atoms with Gasteiger partial charge in [-0.1, -0.05) is 24.3 Å². The van der Waals surface area contributed by atoms with E-state index in [1.807, 2.05) is 44.3 Å². The third-order valence-electron chi connectivity index (χ3n) is 4.84. The average molecular weight is 360 g/mol. The summed E-state index contributed by atoms with van der Waals surface area (Å²) >= 11 is 0. The second-order valence-electron chi connectivity index (χ2n) is 6.48. The van der Waals surface area contributed by atoms with Gasteiger partial charge in [0.25, 0.3) is 5.91 Å². The van der Waals surface area contributed by atoms with Crippen molar-refractivity contribution in [1.82, 2.24) is 30.1 Å². The van der Waals surface area contributed by atoms with E-state index in [4.69, 9.17) is 0 Å². The number of para-hydroxylation sites is 1. The minimum Gasteiger partial charge on any atom is -0.350 e. The quantitative estimate of drug-likeness (QED) is 0.593. The molecule has 0 radical (unpaired) electrons. The van der Waals surface area contributed by atoms with Crippen molar-refractivity contribution in [3.63, 3.8) is 0 Å². The Balaban J connectivity index is 1.53. The molecular weight excluding hydrogens is 340 g/mol. The van der Waals surface area contributed by atoms with Crippen molar-refractivity contribution in [2.45, 2.75) is 20.4 Å². The van der Waals surface area contributed by atoms with E-state index in [-0.39, 0.29) is 5.91 Å². The van der Waals surface area contributed by atoms with Crippen LogP contribution >= 0.6 is 0 Å². The maximum absolute atomic E-state index is 12.8. The maximum atomic E-state index is 12.8. The van der Waals surface area contributed by atoms with Gasteiger partial charge in [0.1, 0.15) is 6.33 Å².